The van der Waals surface area contributed by atoms with E-state index in [-0.39, 0.29) is 12.6 Å². The van der Waals surface area contributed by atoms with Crippen LogP contribution in [0.15, 0.2) is 6.20 Å². The van der Waals surface area contributed by atoms with E-state index in [0.29, 0.717) is 12.6 Å². The van der Waals surface area contributed by atoms with Crippen molar-refractivity contribution in [3.63, 3.8) is 0 Å². The van der Waals surface area contributed by atoms with Crippen LogP contribution >= 0.6 is 0 Å². The Morgan fingerprint density at radius 3 is 2.89 bits per heavy atom. The van der Waals surface area contributed by atoms with Gasteiger partial charge in [0.25, 0.3) is 0 Å². The topological polar surface area (TPSA) is 79.3 Å². The molecule has 1 atom stereocenters. The van der Waals surface area contributed by atoms with Crippen LogP contribution in [0.5, 0.6) is 0 Å². The highest BCUT2D eigenvalue weighted by Gasteiger charge is 2.10. The van der Waals surface area contributed by atoms with E-state index in [4.69, 9.17) is 4.74 Å². The summed E-state index contributed by atoms with van der Waals surface area (Å²) in [7, 11) is 1.60. The molecule has 1 aromatic rings. The SMILES string of the molecule is CCCNc1ncc(C)c(NC(CO)COC)n1. The van der Waals surface area contributed by atoms with Gasteiger partial charge in [0.2, 0.25) is 5.95 Å². The number of rotatable bonds is 8. The van der Waals surface area contributed by atoms with E-state index < -0.39 is 0 Å². The molecule has 18 heavy (non-hydrogen) atoms. The van der Waals surface area contributed by atoms with Crippen LogP contribution in [0.25, 0.3) is 0 Å². The minimum absolute atomic E-state index is 0.00496. The molecule has 0 fully saturated rings. The fraction of sp³-hybridized carbons (Fsp3) is 0.667. The van der Waals surface area contributed by atoms with E-state index in [9.17, 15) is 5.11 Å². The highest BCUT2D eigenvalue weighted by Crippen LogP contribution is 2.13. The molecule has 0 aliphatic heterocycles. The van der Waals surface area contributed by atoms with Crippen LogP contribution in [0.2, 0.25) is 0 Å². The Kier molecular flexibility index (Phi) is 6.38. The zero-order valence-corrected chi connectivity index (χ0v) is 11.2. The van der Waals surface area contributed by atoms with E-state index in [1.807, 2.05) is 6.92 Å². The first kappa shape index (κ1) is 14.7. The number of methoxy groups -OCH3 is 1. The number of aliphatic hydroxyl groups excluding tert-OH is 1. The molecule has 1 unspecified atom stereocenters. The maximum atomic E-state index is 9.22. The number of aromatic nitrogens is 2. The maximum absolute atomic E-state index is 9.22. The first-order chi connectivity index (χ1) is 8.71. The monoisotopic (exact) mass is 254 g/mol. The van der Waals surface area contributed by atoms with Gasteiger partial charge >= 0.3 is 0 Å². The van der Waals surface area contributed by atoms with Gasteiger partial charge in [0.15, 0.2) is 0 Å². The molecule has 1 aromatic heterocycles. The van der Waals surface area contributed by atoms with Gasteiger partial charge in [-0.05, 0) is 13.3 Å². The number of ether oxygens (including phenoxy) is 1. The molecule has 1 rings (SSSR count). The average molecular weight is 254 g/mol. The molecule has 0 aliphatic carbocycles. The molecule has 0 amide bonds. The van der Waals surface area contributed by atoms with Crippen LogP contribution < -0.4 is 10.6 Å². The lowest BCUT2D eigenvalue weighted by atomic mass is 10.3. The summed E-state index contributed by atoms with van der Waals surface area (Å²) in [5.74, 6) is 1.32. The number of anilines is 2. The van der Waals surface area contributed by atoms with Gasteiger partial charge in [0.05, 0.1) is 19.3 Å². The van der Waals surface area contributed by atoms with E-state index in [2.05, 4.69) is 27.5 Å². The number of hydrogen-bond donors (Lipinski definition) is 3. The average Bonchev–Trinajstić information content (AvgIpc) is 2.38. The standard InChI is InChI=1S/C12H22N4O2/c1-4-5-13-12-14-6-9(2)11(16-12)15-10(7-17)8-18-3/h6,10,17H,4-5,7-8H2,1-3H3,(H2,13,14,15,16). The Morgan fingerprint density at radius 1 is 1.50 bits per heavy atom. The molecule has 0 aromatic carbocycles. The Hall–Kier alpha value is -1.40. The second kappa shape index (κ2) is 7.84. The summed E-state index contributed by atoms with van der Waals surface area (Å²) in [4.78, 5) is 8.58. The molecule has 0 saturated carbocycles. The second-order valence-electron chi connectivity index (χ2n) is 4.13. The minimum atomic E-state index is -0.164. The minimum Gasteiger partial charge on any atom is -0.394 e. The van der Waals surface area contributed by atoms with Gasteiger partial charge in [-0.3, -0.25) is 0 Å². The second-order valence-corrected chi connectivity index (χ2v) is 4.13. The number of nitrogens with zero attached hydrogens (tertiary/aromatic N) is 2. The largest absolute Gasteiger partial charge is 0.394 e. The highest BCUT2D eigenvalue weighted by atomic mass is 16.5. The molecule has 6 heteroatoms. The normalized spacial score (nSPS) is 12.2. The molecule has 0 aliphatic rings. The molecule has 1 heterocycles. The van der Waals surface area contributed by atoms with Crippen molar-refractivity contribution in [1.29, 1.82) is 0 Å². The van der Waals surface area contributed by atoms with Crippen molar-refractivity contribution in [3.8, 4) is 0 Å². The Balaban J connectivity index is 2.73. The van der Waals surface area contributed by atoms with Crippen molar-refractivity contribution in [1.82, 2.24) is 9.97 Å². The van der Waals surface area contributed by atoms with Gasteiger partial charge < -0.3 is 20.5 Å². The lowest BCUT2D eigenvalue weighted by Crippen LogP contribution is -2.29. The van der Waals surface area contributed by atoms with E-state index in [0.717, 1.165) is 24.3 Å². The van der Waals surface area contributed by atoms with Gasteiger partial charge in [-0.15, -0.1) is 0 Å². The molecule has 6 nitrogen and oxygen atoms in total. The van der Waals surface area contributed by atoms with Gasteiger partial charge in [0, 0.05) is 25.4 Å². The first-order valence-electron chi connectivity index (χ1n) is 6.15. The predicted molar refractivity (Wildman–Crippen MR) is 71.9 cm³/mol. The quantitative estimate of drug-likeness (QED) is 0.643. The third kappa shape index (κ3) is 4.46. The third-order valence-electron chi connectivity index (χ3n) is 2.43. The van der Waals surface area contributed by atoms with Crippen LogP contribution in [0.4, 0.5) is 11.8 Å². The Bertz CT molecular complexity index is 360. The Labute approximate surface area is 108 Å². The molecular formula is C12H22N4O2. The molecular weight excluding hydrogens is 232 g/mol. The van der Waals surface area contributed by atoms with Crippen molar-refractivity contribution in [2.24, 2.45) is 0 Å². The zero-order chi connectivity index (χ0) is 13.4. The van der Waals surface area contributed by atoms with Crippen LogP contribution in [0.1, 0.15) is 18.9 Å². The molecule has 0 bridgehead atoms. The molecule has 102 valence electrons. The fourth-order valence-corrected chi connectivity index (χ4v) is 1.44. The molecule has 3 N–H and O–H groups in total. The lowest BCUT2D eigenvalue weighted by molar-refractivity contribution is 0.153. The summed E-state index contributed by atoms with van der Waals surface area (Å²) >= 11 is 0. The van der Waals surface area contributed by atoms with E-state index >= 15 is 0 Å². The molecule has 0 radical (unpaired) electrons. The summed E-state index contributed by atoms with van der Waals surface area (Å²) in [5, 5.41) is 15.5. The van der Waals surface area contributed by atoms with Crippen molar-refractivity contribution >= 4 is 11.8 Å². The molecule has 0 saturated heterocycles. The predicted octanol–water partition coefficient (Wildman–Crippen LogP) is 1.03. The third-order valence-corrected chi connectivity index (χ3v) is 2.43. The van der Waals surface area contributed by atoms with E-state index in [1.165, 1.54) is 0 Å². The number of nitrogens with one attached hydrogen (secondary N) is 2. The summed E-state index contributed by atoms with van der Waals surface area (Å²) in [6.45, 7) is 5.27. The Morgan fingerprint density at radius 2 is 2.28 bits per heavy atom. The highest BCUT2D eigenvalue weighted by molar-refractivity contribution is 5.47. The first-order valence-corrected chi connectivity index (χ1v) is 6.15. The van der Waals surface area contributed by atoms with Crippen molar-refractivity contribution in [2.75, 3.05) is 37.5 Å². The maximum Gasteiger partial charge on any atom is 0.224 e. The summed E-state index contributed by atoms with van der Waals surface area (Å²) in [6, 6.07) is -0.164. The number of aryl methyl sites for hydroxylation is 1. The van der Waals surface area contributed by atoms with E-state index in [1.54, 1.807) is 13.3 Å². The van der Waals surface area contributed by atoms with Gasteiger partial charge in [-0.25, -0.2) is 4.98 Å². The van der Waals surface area contributed by atoms with Crippen molar-refractivity contribution in [3.05, 3.63) is 11.8 Å². The summed E-state index contributed by atoms with van der Waals surface area (Å²) in [5.41, 5.74) is 0.937. The smallest absolute Gasteiger partial charge is 0.224 e. The summed E-state index contributed by atoms with van der Waals surface area (Å²) < 4.78 is 5.02. The van der Waals surface area contributed by atoms with Crippen molar-refractivity contribution < 1.29 is 9.84 Å². The zero-order valence-electron chi connectivity index (χ0n) is 11.2. The lowest BCUT2D eigenvalue weighted by Gasteiger charge is -2.17. The van der Waals surface area contributed by atoms with Gasteiger partial charge in [0.1, 0.15) is 5.82 Å². The van der Waals surface area contributed by atoms with Crippen LogP contribution in [0.3, 0.4) is 0 Å². The van der Waals surface area contributed by atoms with Crippen LogP contribution in [-0.4, -0.2) is 48.0 Å². The summed E-state index contributed by atoms with van der Waals surface area (Å²) in [6.07, 6.45) is 2.78. The fourth-order valence-electron chi connectivity index (χ4n) is 1.44. The van der Waals surface area contributed by atoms with Crippen molar-refractivity contribution in [2.45, 2.75) is 26.3 Å². The van der Waals surface area contributed by atoms with Gasteiger partial charge in [-0.2, -0.15) is 4.98 Å². The number of hydrogen-bond acceptors (Lipinski definition) is 6. The van der Waals surface area contributed by atoms with Crippen LogP contribution in [0, 0.1) is 6.92 Å². The number of aliphatic hydroxyl groups is 1. The van der Waals surface area contributed by atoms with Crippen LogP contribution in [-0.2, 0) is 4.74 Å². The van der Waals surface area contributed by atoms with Gasteiger partial charge in [-0.1, -0.05) is 6.92 Å². The molecule has 0 spiro atoms.